The van der Waals surface area contributed by atoms with Gasteiger partial charge >= 0.3 is 0 Å². The maximum absolute atomic E-state index is 4.95. The van der Waals surface area contributed by atoms with Crippen LogP contribution in [0.25, 0.3) is 88.9 Å². The molecule has 0 N–H and O–H groups in total. The molecule has 1 heteroatoms. The normalized spacial score (nSPS) is 12.6. The Balaban J connectivity index is 1.08. The lowest BCUT2D eigenvalue weighted by molar-refractivity contribution is 1.27. The van der Waals surface area contributed by atoms with Crippen LogP contribution in [0.5, 0.6) is 0 Å². The summed E-state index contributed by atoms with van der Waals surface area (Å²) in [5.74, 6) is 0. The van der Waals surface area contributed by atoms with Gasteiger partial charge in [-0.05, 0) is 100 Å². The van der Waals surface area contributed by atoms with Gasteiger partial charge in [-0.2, -0.15) is 0 Å². The van der Waals surface area contributed by atoms with Gasteiger partial charge in [0.25, 0.3) is 0 Å². The average Bonchev–Trinajstić information content (AvgIpc) is 3.05. The summed E-state index contributed by atoms with van der Waals surface area (Å²) in [6.07, 6.45) is 8.64. The largest absolute Gasteiger partial charge is 0.249 e. The molecule has 194 valence electrons. The lowest BCUT2D eigenvalue weighted by Gasteiger charge is -2.12. The van der Waals surface area contributed by atoms with Gasteiger partial charge in [0.15, 0.2) is 0 Å². The Labute approximate surface area is 243 Å². The molecule has 1 nitrogen and oxygen atoms in total. The molecular formula is C41H25N. The molecule has 0 unspecified atom stereocenters. The third kappa shape index (κ3) is 3.54. The molecule has 0 amide bonds. The Bertz CT molecular complexity index is 2310. The second-order valence-corrected chi connectivity index (χ2v) is 11.2. The summed E-state index contributed by atoms with van der Waals surface area (Å²) in [5, 5.41) is 15.6. The van der Waals surface area contributed by atoms with Crippen LogP contribution in [0.15, 0.2) is 127 Å². The number of nitrogens with zero attached hydrogens (tertiary/aromatic N) is 1. The number of pyridine rings is 1. The molecule has 42 heavy (non-hydrogen) atoms. The highest BCUT2D eigenvalue weighted by atomic mass is 14.7. The van der Waals surface area contributed by atoms with Gasteiger partial charge in [-0.25, -0.2) is 4.98 Å². The third-order valence-corrected chi connectivity index (χ3v) is 8.78. The maximum Gasteiger partial charge on any atom is 0.0637 e. The number of hydrogen-bond donors (Lipinski definition) is 0. The summed E-state index contributed by atoms with van der Waals surface area (Å²) in [7, 11) is 0. The molecule has 0 aliphatic heterocycles. The number of hydrogen-bond acceptors (Lipinski definition) is 1. The zero-order valence-corrected chi connectivity index (χ0v) is 22.9. The summed E-state index contributed by atoms with van der Waals surface area (Å²) in [6, 6.07) is 46.1. The molecule has 9 rings (SSSR count). The van der Waals surface area contributed by atoms with Crippen molar-refractivity contribution >= 4 is 88.9 Å². The number of benzene rings is 8. The predicted molar refractivity (Wildman–Crippen MR) is 182 cm³/mol. The topological polar surface area (TPSA) is 12.9 Å². The first kappa shape index (κ1) is 23.2. The van der Waals surface area contributed by atoms with E-state index in [1.165, 1.54) is 75.8 Å². The predicted octanol–water partition coefficient (Wildman–Crippen LogP) is 11.2. The number of rotatable bonds is 4. The van der Waals surface area contributed by atoms with Gasteiger partial charge in [0.05, 0.1) is 11.4 Å². The van der Waals surface area contributed by atoms with Crippen LogP contribution in [-0.4, -0.2) is 4.98 Å². The highest BCUT2D eigenvalue weighted by molar-refractivity contribution is 6.25. The lowest BCUT2D eigenvalue weighted by atomic mass is 9.92. The fourth-order valence-electron chi connectivity index (χ4n) is 6.81. The Morgan fingerprint density at radius 2 is 0.667 bits per heavy atom. The molecule has 0 aliphatic rings. The Kier molecular flexibility index (Phi) is 4.97. The summed E-state index contributed by atoms with van der Waals surface area (Å²) in [5.41, 5.74) is 4.30. The maximum atomic E-state index is 4.95. The van der Waals surface area contributed by atoms with Crippen molar-refractivity contribution in [1.29, 1.82) is 0 Å². The van der Waals surface area contributed by atoms with Crippen LogP contribution in [-0.2, 0) is 0 Å². The SMILES string of the molecule is C(=Cc1ccc2ccc3cccc4ccc1c2c34)c1cccc(C=Cc2ccc3ccc4cccc5ccc2c3c45)n1. The van der Waals surface area contributed by atoms with E-state index in [4.69, 9.17) is 4.98 Å². The minimum Gasteiger partial charge on any atom is -0.249 e. The van der Waals surface area contributed by atoms with Gasteiger partial charge in [0.2, 0.25) is 0 Å². The quantitative estimate of drug-likeness (QED) is 0.206. The Morgan fingerprint density at radius 3 is 1.12 bits per heavy atom. The van der Waals surface area contributed by atoms with Crippen molar-refractivity contribution < 1.29 is 0 Å². The smallest absolute Gasteiger partial charge is 0.0637 e. The zero-order chi connectivity index (χ0) is 27.6. The van der Waals surface area contributed by atoms with Crippen LogP contribution < -0.4 is 0 Å². The highest BCUT2D eigenvalue weighted by Crippen LogP contribution is 2.38. The molecule has 0 atom stereocenters. The highest BCUT2D eigenvalue weighted by Gasteiger charge is 2.11. The fraction of sp³-hybridized carbons (Fsp3) is 0. The number of aromatic nitrogens is 1. The van der Waals surface area contributed by atoms with Crippen LogP contribution >= 0.6 is 0 Å². The minimum absolute atomic E-state index is 0.943. The van der Waals surface area contributed by atoms with E-state index < -0.39 is 0 Å². The Hall–Kier alpha value is -5.53. The third-order valence-electron chi connectivity index (χ3n) is 8.78. The minimum atomic E-state index is 0.943. The van der Waals surface area contributed by atoms with Crippen molar-refractivity contribution in [3.8, 4) is 0 Å². The van der Waals surface area contributed by atoms with E-state index in [0.29, 0.717) is 0 Å². The van der Waals surface area contributed by atoms with E-state index in [2.05, 4.69) is 152 Å². The summed E-state index contributed by atoms with van der Waals surface area (Å²) < 4.78 is 0. The van der Waals surface area contributed by atoms with Crippen molar-refractivity contribution in [2.75, 3.05) is 0 Å². The fourth-order valence-corrected chi connectivity index (χ4v) is 6.81. The van der Waals surface area contributed by atoms with Crippen molar-refractivity contribution in [1.82, 2.24) is 4.98 Å². The molecule has 0 bridgehead atoms. The lowest BCUT2D eigenvalue weighted by Crippen LogP contribution is -1.87. The molecule has 1 aromatic heterocycles. The van der Waals surface area contributed by atoms with Gasteiger partial charge in [0.1, 0.15) is 0 Å². The molecule has 0 fully saturated rings. The average molecular weight is 532 g/mol. The Morgan fingerprint density at radius 1 is 0.310 bits per heavy atom. The first-order chi connectivity index (χ1) is 20.8. The van der Waals surface area contributed by atoms with E-state index in [1.54, 1.807) is 0 Å². The second kappa shape index (κ2) is 8.99. The monoisotopic (exact) mass is 531 g/mol. The first-order valence-corrected chi connectivity index (χ1v) is 14.5. The molecule has 0 spiro atoms. The van der Waals surface area contributed by atoms with Crippen molar-refractivity contribution in [2.24, 2.45) is 0 Å². The van der Waals surface area contributed by atoms with Gasteiger partial charge in [0, 0.05) is 0 Å². The van der Waals surface area contributed by atoms with Crippen LogP contribution in [0.4, 0.5) is 0 Å². The van der Waals surface area contributed by atoms with E-state index in [0.717, 1.165) is 11.4 Å². The molecule has 0 aliphatic carbocycles. The molecule has 0 radical (unpaired) electrons. The van der Waals surface area contributed by atoms with Gasteiger partial charge in [-0.15, -0.1) is 0 Å². The van der Waals surface area contributed by atoms with Crippen LogP contribution in [0, 0.1) is 0 Å². The molecule has 8 aromatic carbocycles. The van der Waals surface area contributed by atoms with Gasteiger partial charge in [-0.1, -0.05) is 127 Å². The molecule has 0 saturated carbocycles. The van der Waals surface area contributed by atoms with E-state index in [1.807, 2.05) is 0 Å². The van der Waals surface area contributed by atoms with E-state index >= 15 is 0 Å². The summed E-state index contributed by atoms with van der Waals surface area (Å²) in [4.78, 5) is 4.95. The molecule has 9 aromatic rings. The van der Waals surface area contributed by atoms with Crippen molar-refractivity contribution in [3.05, 3.63) is 150 Å². The second-order valence-electron chi connectivity index (χ2n) is 11.2. The first-order valence-electron chi connectivity index (χ1n) is 14.5. The van der Waals surface area contributed by atoms with Crippen LogP contribution in [0.3, 0.4) is 0 Å². The van der Waals surface area contributed by atoms with Gasteiger partial charge < -0.3 is 0 Å². The van der Waals surface area contributed by atoms with Crippen LogP contribution in [0.1, 0.15) is 22.5 Å². The van der Waals surface area contributed by atoms with E-state index in [9.17, 15) is 0 Å². The molecule has 1 heterocycles. The van der Waals surface area contributed by atoms with Crippen molar-refractivity contribution in [2.45, 2.75) is 0 Å². The zero-order valence-electron chi connectivity index (χ0n) is 22.9. The van der Waals surface area contributed by atoms with Crippen LogP contribution in [0.2, 0.25) is 0 Å². The van der Waals surface area contributed by atoms with Gasteiger partial charge in [-0.3, -0.25) is 0 Å². The summed E-state index contributed by atoms with van der Waals surface area (Å²) >= 11 is 0. The van der Waals surface area contributed by atoms with E-state index in [-0.39, 0.29) is 0 Å². The standard InChI is InChI=1S/C41H25N/c1-4-28-14-16-32-12-10-26(36-24-20-30(6-1)38(28)40(32)36)18-22-34-8-3-9-35(42-34)23-19-27-11-13-33-17-15-29-5-2-7-31-21-25-37(27)41(33)39(29)31/h1-25H. The molecular weight excluding hydrogens is 506 g/mol. The summed E-state index contributed by atoms with van der Waals surface area (Å²) in [6.45, 7) is 0. The molecule has 0 saturated heterocycles. The van der Waals surface area contributed by atoms with Crippen molar-refractivity contribution in [3.63, 3.8) is 0 Å².